The molecule has 1 aliphatic heterocycles. The minimum absolute atomic E-state index is 0.139. The van der Waals surface area contributed by atoms with E-state index in [-0.39, 0.29) is 17.4 Å². The van der Waals surface area contributed by atoms with Gasteiger partial charge in [-0.2, -0.15) is 0 Å². The lowest BCUT2D eigenvalue weighted by atomic mass is 9.77. The number of carbonyl (C=O) groups is 1. The standard InChI is InChI=1S/C29H33ClN2OS/c1-20-24(30)16-11-17-25(20)31-28-32(29(21(2)34-28)18-9-4-10-19-29)27(33)26(23-14-7-8-15-23)22-12-5-3-6-13-22/h3,5-6,11-13,16-17,23,26H,2,4,7-10,14-15,18-19H2,1H3. The Morgan fingerprint density at radius 2 is 1.76 bits per heavy atom. The lowest BCUT2D eigenvalue weighted by Crippen LogP contribution is -2.53. The Labute approximate surface area is 212 Å². The van der Waals surface area contributed by atoms with Gasteiger partial charge in [-0.25, -0.2) is 4.99 Å². The third kappa shape index (κ3) is 4.24. The van der Waals surface area contributed by atoms with Crippen LogP contribution in [0.4, 0.5) is 5.69 Å². The van der Waals surface area contributed by atoms with Gasteiger partial charge in [0.1, 0.15) is 0 Å². The van der Waals surface area contributed by atoms with Crippen molar-refractivity contribution in [3.05, 3.63) is 76.2 Å². The number of thioether (sulfide) groups is 1. The molecule has 1 atom stereocenters. The van der Waals surface area contributed by atoms with E-state index in [1.54, 1.807) is 11.8 Å². The Bertz CT molecular complexity index is 1100. The highest BCUT2D eigenvalue weighted by Crippen LogP contribution is 2.53. The van der Waals surface area contributed by atoms with Crippen LogP contribution >= 0.6 is 23.4 Å². The summed E-state index contributed by atoms with van der Waals surface area (Å²) in [7, 11) is 0. The molecule has 5 rings (SSSR count). The zero-order valence-electron chi connectivity index (χ0n) is 19.9. The third-order valence-electron chi connectivity index (χ3n) is 8.01. The number of halogens is 1. The molecular weight excluding hydrogens is 460 g/mol. The molecule has 0 radical (unpaired) electrons. The van der Waals surface area contributed by atoms with Crippen LogP contribution in [0, 0.1) is 12.8 Å². The molecule has 2 saturated carbocycles. The smallest absolute Gasteiger partial charge is 0.237 e. The average molecular weight is 493 g/mol. The van der Waals surface area contributed by atoms with E-state index in [1.807, 2.05) is 31.2 Å². The Morgan fingerprint density at radius 1 is 1.06 bits per heavy atom. The predicted molar refractivity (Wildman–Crippen MR) is 144 cm³/mol. The van der Waals surface area contributed by atoms with Crippen molar-refractivity contribution >= 4 is 40.1 Å². The van der Waals surface area contributed by atoms with Crippen molar-refractivity contribution in [2.75, 3.05) is 0 Å². The van der Waals surface area contributed by atoms with Gasteiger partial charge in [0.2, 0.25) is 5.91 Å². The molecular formula is C29H33ClN2OS. The molecule has 0 aromatic heterocycles. The van der Waals surface area contributed by atoms with Crippen LogP contribution in [0.25, 0.3) is 0 Å². The molecule has 3 aliphatic rings. The molecule has 1 heterocycles. The molecule has 0 N–H and O–H groups in total. The number of amides is 1. The number of benzene rings is 2. The van der Waals surface area contributed by atoms with Gasteiger partial charge in [-0.3, -0.25) is 9.69 Å². The predicted octanol–water partition coefficient (Wildman–Crippen LogP) is 8.40. The highest BCUT2D eigenvalue weighted by atomic mass is 35.5. The monoisotopic (exact) mass is 492 g/mol. The molecule has 0 bridgehead atoms. The van der Waals surface area contributed by atoms with Crippen molar-refractivity contribution < 1.29 is 4.79 Å². The first-order valence-corrected chi connectivity index (χ1v) is 13.8. The largest absolute Gasteiger partial charge is 0.280 e. The summed E-state index contributed by atoms with van der Waals surface area (Å²) in [6.45, 7) is 6.48. The van der Waals surface area contributed by atoms with Gasteiger partial charge < -0.3 is 0 Å². The molecule has 1 amide bonds. The van der Waals surface area contributed by atoms with Crippen molar-refractivity contribution in [2.24, 2.45) is 10.9 Å². The number of aliphatic imine (C=N–C) groups is 1. The van der Waals surface area contributed by atoms with Crippen molar-refractivity contribution in [3.8, 4) is 0 Å². The number of hydrogen-bond acceptors (Lipinski definition) is 3. The second-order valence-corrected chi connectivity index (χ2v) is 11.5. The van der Waals surface area contributed by atoms with Gasteiger partial charge in [0, 0.05) is 9.93 Å². The maximum Gasteiger partial charge on any atom is 0.237 e. The zero-order valence-corrected chi connectivity index (χ0v) is 21.5. The summed E-state index contributed by atoms with van der Waals surface area (Å²) in [6, 6.07) is 16.2. The summed E-state index contributed by atoms with van der Waals surface area (Å²) >= 11 is 8.00. The van der Waals surface area contributed by atoms with E-state index in [1.165, 1.54) is 19.3 Å². The van der Waals surface area contributed by atoms with Crippen LogP contribution in [0.1, 0.15) is 74.8 Å². The van der Waals surface area contributed by atoms with Crippen molar-refractivity contribution in [3.63, 3.8) is 0 Å². The van der Waals surface area contributed by atoms with Gasteiger partial charge in [-0.15, -0.1) is 0 Å². The number of carbonyl (C=O) groups excluding carboxylic acids is 1. The zero-order chi connectivity index (χ0) is 23.7. The SMILES string of the molecule is C=C1SC(=Nc2cccc(Cl)c2C)N(C(=O)C(c2ccccc2)C2CCCC2)C12CCCCC2. The average Bonchev–Trinajstić information content (AvgIpc) is 3.45. The van der Waals surface area contributed by atoms with Gasteiger partial charge in [-0.1, -0.05) is 98.4 Å². The summed E-state index contributed by atoms with van der Waals surface area (Å²) < 4.78 is 0. The molecule has 2 aromatic rings. The summed E-state index contributed by atoms with van der Waals surface area (Å²) in [5.74, 6) is 0.438. The molecule has 5 heteroatoms. The van der Waals surface area contributed by atoms with Gasteiger partial charge in [0.15, 0.2) is 5.17 Å². The summed E-state index contributed by atoms with van der Waals surface area (Å²) in [5.41, 5.74) is 2.56. The molecule has 3 nitrogen and oxygen atoms in total. The maximum absolute atomic E-state index is 14.7. The van der Waals surface area contributed by atoms with E-state index in [9.17, 15) is 4.79 Å². The first-order chi connectivity index (χ1) is 16.5. The van der Waals surface area contributed by atoms with Crippen LogP contribution in [0.5, 0.6) is 0 Å². The number of amidine groups is 1. The molecule has 34 heavy (non-hydrogen) atoms. The first-order valence-electron chi connectivity index (χ1n) is 12.6. The Morgan fingerprint density at radius 3 is 2.47 bits per heavy atom. The quantitative estimate of drug-likeness (QED) is 0.429. The van der Waals surface area contributed by atoms with E-state index in [2.05, 4.69) is 35.7 Å². The topological polar surface area (TPSA) is 32.7 Å². The fourth-order valence-electron chi connectivity index (χ4n) is 6.10. The molecule has 178 valence electrons. The Hall–Kier alpha value is -2.04. The van der Waals surface area contributed by atoms with E-state index < -0.39 is 0 Å². The molecule has 2 aliphatic carbocycles. The second-order valence-electron chi connectivity index (χ2n) is 10.0. The van der Waals surface area contributed by atoms with Gasteiger partial charge in [0.05, 0.1) is 17.1 Å². The van der Waals surface area contributed by atoms with Crippen LogP contribution in [-0.2, 0) is 4.79 Å². The second kappa shape index (κ2) is 9.91. The third-order valence-corrected chi connectivity index (χ3v) is 9.50. The van der Waals surface area contributed by atoms with E-state index in [0.717, 1.165) is 65.4 Å². The number of rotatable bonds is 4. The normalized spacial score (nSPS) is 22.6. The summed E-state index contributed by atoms with van der Waals surface area (Å²) in [6.07, 6.45) is 10.0. The molecule has 3 fully saturated rings. The summed E-state index contributed by atoms with van der Waals surface area (Å²) in [4.78, 5) is 22.9. The minimum Gasteiger partial charge on any atom is -0.280 e. The lowest BCUT2D eigenvalue weighted by Gasteiger charge is -2.43. The van der Waals surface area contributed by atoms with E-state index in [4.69, 9.17) is 16.6 Å². The molecule has 1 saturated heterocycles. The highest BCUT2D eigenvalue weighted by Gasteiger charge is 2.53. The maximum atomic E-state index is 14.7. The molecule has 1 spiro atoms. The number of hydrogen-bond donors (Lipinski definition) is 0. The summed E-state index contributed by atoms with van der Waals surface area (Å²) in [5, 5.41) is 1.46. The lowest BCUT2D eigenvalue weighted by molar-refractivity contribution is -0.134. The Kier molecular flexibility index (Phi) is 6.90. The molecule has 2 aromatic carbocycles. The van der Waals surface area contributed by atoms with Crippen LogP contribution in [-0.4, -0.2) is 21.5 Å². The first kappa shape index (κ1) is 23.7. The van der Waals surface area contributed by atoms with E-state index >= 15 is 0 Å². The fourth-order valence-corrected chi connectivity index (χ4v) is 7.48. The van der Waals surface area contributed by atoms with Gasteiger partial charge in [0.25, 0.3) is 0 Å². The van der Waals surface area contributed by atoms with Crippen LogP contribution in [0.3, 0.4) is 0 Å². The Balaban J connectivity index is 1.62. The number of nitrogens with zero attached hydrogens (tertiary/aromatic N) is 2. The van der Waals surface area contributed by atoms with Crippen LogP contribution < -0.4 is 0 Å². The van der Waals surface area contributed by atoms with Crippen LogP contribution in [0.2, 0.25) is 5.02 Å². The molecule has 1 unspecified atom stereocenters. The fraction of sp³-hybridized carbons (Fsp3) is 0.448. The van der Waals surface area contributed by atoms with Crippen LogP contribution in [0.15, 0.2) is 65.0 Å². The highest BCUT2D eigenvalue weighted by molar-refractivity contribution is 8.17. The van der Waals surface area contributed by atoms with Gasteiger partial charge >= 0.3 is 0 Å². The van der Waals surface area contributed by atoms with Crippen molar-refractivity contribution in [2.45, 2.75) is 76.2 Å². The van der Waals surface area contributed by atoms with Gasteiger partial charge in [-0.05, 0) is 61.8 Å². The van der Waals surface area contributed by atoms with Crippen molar-refractivity contribution in [1.29, 1.82) is 0 Å². The minimum atomic E-state index is -0.336. The van der Waals surface area contributed by atoms with Crippen molar-refractivity contribution in [1.82, 2.24) is 4.90 Å². The van der Waals surface area contributed by atoms with E-state index in [0.29, 0.717) is 10.9 Å².